The number of rotatable bonds is 6. The largest absolute Gasteiger partial charge is 0.378 e. The van der Waals surface area contributed by atoms with Crippen LogP contribution in [0, 0.1) is 25.7 Å². The summed E-state index contributed by atoms with van der Waals surface area (Å²) in [5.74, 6) is -0.0572. The van der Waals surface area contributed by atoms with Crippen LogP contribution in [0.5, 0.6) is 0 Å². The molecule has 2 N–H and O–H groups in total. The fraction of sp³-hybridized carbons (Fsp3) is 0.737. The second kappa shape index (κ2) is 9.61. The Morgan fingerprint density at radius 3 is 2.70 bits per heavy atom. The molecule has 0 unspecified atom stereocenters. The Balaban J connectivity index is 1.40. The van der Waals surface area contributed by atoms with Gasteiger partial charge in [0.1, 0.15) is 0 Å². The summed E-state index contributed by atoms with van der Waals surface area (Å²) < 4.78 is 5.31. The second-order valence-electron chi connectivity index (χ2n) is 7.37. The Bertz CT molecular complexity index is 638. The highest BCUT2D eigenvalue weighted by Gasteiger charge is 2.33. The number of piperidine rings is 1. The first kappa shape index (κ1) is 20.2. The molecule has 0 radical (unpaired) electrons. The Morgan fingerprint density at radius 1 is 1.26 bits per heavy atom. The Labute approximate surface area is 164 Å². The van der Waals surface area contributed by atoms with E-state index in [1.54, 1.807) is 11.3 Å². The van der Waals surface area contributed by atoms with Crippen LogP contribution in [-0.2, 0) is 20.7 Å². The van der Waals surface area contributed by atoms with Crippen LogP contribution < -0.4 is 10.6 Å². The van der Waals surface area contributed by atoms with E-state index in [9.17, 15) is 9.59 Å². The van der Waals surface area contributed by atoms with Gasteiger partial charge in [-0.05, 0) is 26.7 Å². The molecule has 2 atom stereocenters. The van der Waals surface area contributed by atoms with Crippen LogP contribution in [0.2, 0.25) is 0 Å². The molecule has 8 heteroatoms. The number of hydrogen-bond acceptors (Lipinski definition) is 6. The van der Waals surface area contributed by atoms with Gasteiger partial charge in [0.2, 0.25) is 11.8 Å². The molecule has 27 heavy (non-hydrogen) atoms. The lowest BCUT2D eigenvalue weighted by atomic mass is 9.88. The normalized spacial score (nSPS) is 23.3. The lowest BCUT2D eigenvalue weighted by molar-refractivity contribution is -0.141. The van der Waals surface area contributed by atoms with Gasteiger partial charge in [-0.1, -0.05) is 0 Å². The summed E-state index contributed by atoms with van der Waals surface area (Å²) in [6, 6.07) is 0. The minimum absolute atomic E-state index is 0.0495. The highest BCUT2D eigenvalue weighted by atomic mass is 32.1. The van der Waals surface area contributed by atoms with Gasteiger partial charge in [-0.2, -0.15) is 0 Å². The van der Waals surface area contributed by atoms with Gasteiger partial charge in [0.25, 0.3) is 0 Å². The summed E-state index contributed by atoms with van der Waals surface area (Å²) in [5, 5.41) is 7.43. The number of aryl methyl sites for hydroxylation is 3. The van der Waals surface area contributed by atoms with Gasteiger partial charge in [0, 0.05) is 44.0 Å². The first-order valence-corrected chi connectivity index (χ1v) is 10.6. The first-order chi connectivity index (χ1) is 13.0. The van der Waals surface area contributed by atoms with Crippen LogP contribution in [0.15, 0.2) is 0 Å². The standard InChI is InChI=1S/C19H30N4O3S/c1-13-14(2)27-17(22-13)4-3-5-21-18(24)15-10-16(12-20-11-15)19(25)23-6-8-26-9-7-23/h15-16,20H,3-12H2,1-2H3,(H,21,24)/t15-,16+/m1/s1. The smallest absolute Gasteiger partial charge is 0.227 e. The monoisotopic (exact) mass is 394 g/mol. The van der Waals surface area contributed by atoms with Crippen molar-refractivity contribution in [3.8, 4) is 0 Å². The van der Waals surface area contributed by atoms with Crippen molar-refractivity contribution < 1.29 is 14.3 Å². The lowest BCUT2D eigenvalue weighted by Crippen LogP contribution is -2.51. The minimum Gasteiger partial charge on any atom is -0.378 e. The van der Waals surface area contributed by atoms with Crippen LogP contribution in [-0.4, -0.2) is 67.6 Å². The topological polar surface area (TPSA) is 83.6 Å². The average molecular weight is 395 g/mol. The molecule has 0 bridgehead atoms. The van der Waals surface area contributed by atoms with Gasteiger partial charge in [-0.15, -0.1) is 11.3 Å². The van der Waals surface area contributed by atoms with Gasteiger partial charge in [0.05, 0.1) is 35.8 Å². The van der Waals surface area contributed by atoms with Crippen LogP contribution in [0.4, 0.5) is 0 Å². The molecule has 2 saturated heterocycles. The van der Waals surface area contributed by atoms with E-state index in [1.807, 2.05) is 11.8 Å². The van der Waals surface area contributed by atoms with E-state index in [-0.39, 0.29) is 23.7 Å². The van der Waals surface area contributed by atoms with Crippen molar-refractivity contribution in [1.82, 2.24) is 20.5 Å². The van der Waals surface area contributed by atoms with Crippen LogP contribution >= 0.6 is 11.3 Å². The molecule has 7 nitrogen and oxygen atoms in total. The number of morpholine rings is 1. The fourth-order valence-electron chi connectivity index (χ4n) is 3.61. The highest BCUT2D eigenvalue weighted by molar-refractivity contribution is 7.11. The minimum atomic E-state index is -0.141. The van der Waals surface area contributed by atoms with Crippen molar-refractivity contribution in [2.75, 3.05) is 45.9 Å². The van der Waals surface area contributed by atoms with Crippen molar-refractivity contribution >= 4 is 23.2 Å². The molecule has 1 aromatic rings. The maximum Gasteiger partial charge on any atom is 0.227 e. The number of amides is 2. The molecule has 0 spiro atoms. The quantitative estimate of drug-likeness (QED) is 0.701. The summed E-state index contributed by atoms with van der Waals surface area (Å²) in [6.07, 6.45) is 2.40. The van der Waals surface area contributed by atoms with E-state index in [0.717, 1.165) is 23.5 Å². The van der Waals surface area contributed by atoms with Crippen molar-refractivity contribution in [3.63, 3.8) is 0 Å². The number of nitrogens with zero attached hydrogens (tertiary/aromatic N) is 2. The number of ether oxygens (including phenoxy) is 1. The molecule has 0 aromatic carbocycles. The molecular formula is C19H30N4O3S. The highest BCUT2D eigenvalue weighted by Crippen LogP contribution is 2.20. The Morgan fingerprint density at radius 2 is 2.00 bits per heavy atom. The number of nitrogens with one attached hydrogen (secondary N) is 2. The second-order valence-corrected chi connectivity index (χ2v) is 8.66. The maximum absolute atomic E-state index is 12.7. The van der Waals surface area contributed by atoms with Crippen molar-refractivity contribution in [1.29, 1.82) is 0 Å². The number of carbonyl (C=O) groups excluding carboxylic acids is 2. The summed E-state index contributed by atoms with van der Waals surface area (Å²) in [6.45, 7) is 8.58. The molecular weight excluding hydrogens is 364 g/mol. The number of aromatic nitrogens is 1. The van der Waals surface area contributed by atoms with Crippen molar-refractivity contribution in [2.24, 2.45) is 11.8 Å². The van der Waals surface area contributed by atoms with Gasteiger partial charge < -0.3 is 20.3 Å². The molecule has 3 rings (SSSR count). The van der Waals surface area contributed by atoms with Crippen molar-refractivity contribution in [3.05, 3.63) is 15.6 Å². The van der Waals surface area contributed by atoms with E-state index in [1.165, 1.54) is 4.88 Å². The SMILES string of the molecule is Cc1nc(CCCNC(=O)[C@H]2CNC[C@@H](C(=O)N3CCOCC3)C2)sc1C. The summed E-state index contributed by atoms with van der Waals surface area (Å²) >= 11 is 1.73. The molecule has 3 heterocycles. The third kappa shape index (κ3) is 5.49. The van der Waals surface area contributed by atoms with Gasteiger partial charge >= 0.3 is 0 Å². The zero-order valence-corrected chi connectivity index (χ0v) is 17.1. The predicted molar refractivity (Wildman–Crippen MR) is 105 cm³/mol. The molecule has 2 aliphatic heterocycles. The third-order valence-electron chi connectivity index (χ3n) is 5.33. The van der Waals surface area contributed by atoms with Gasteiger partial charge in [-0.25, -0.2) is 4.98 Å². The Kier molecular flexibility index (Phi) is 7.20. The maximum atomic E-state index is 12.7. The van der Waals surface area contributed by atoms with Gasteiger partial charge in [-0.3, -0.25) is 9.59 Å². The molecule has 0 saturated carbocycles. The predicted octanol–water partition coefficient (Wildman–Crippen LogP) is 0.893. The third-order valence-corrected chi connectivity index (χ3v) is 6.47. The molecule has 150 valence electrons. The molecule has 2 fully saturated rings. The molecule has 2 amide bonds. The number of carbonyl (C=O) groups is 2. The zero-order chi connectivity index (χ0) is 19.2. The van der Waals surface area contributed by atoms with Crippen LogP contribution in [0.25, 0.3) is 0 Å². The first-order valence-electron chi connectivity index (χ1n) is 9.82. The Hall–Kier alpha value is -1.51. The fourth-order valence-corrected chi connectivity index (χ4v) is 4.59. The molecule has 0 aliphatic carbocycles. The van der Waals surface area contributed by atoms with Crippen molar-refractivity contribution in [2.45, 2.75) is 33.1 Å². The average Bonchev–Trinajstić information content (AvgIpc) is 3.02. The number of thiazole rings is 1. The summed E-state index contributed by atoms with van der Waals surface area (Å²) in [7, 11) is 0. The van der Waals surface area contributed by atoms with E-state index in [4.69, 9.17) is 4.74 Å². The van der Waals surface area contributed by atoms with Crippen LogP contribution in [0.3, 0.4) is 0 Å². The van der Waals surface area contributed by atoms with E-state index in [2.05, 4.69) is 22.5 Å². The zero-order valence-electron chi connectivity index (χ0n) is 16.3. The van der Waals surface area contributed by atoms with Crippen LogP contribution in [0.1, 0.15) is 28.4 Å². The lowest BCUT2D eigenvalue weighted by Gasteiger charge is -2.34. The summed E-state index contributed by atoms with van der Waals surface area (Å²) in [5.41, 5.74) is 1.10. The van der Waals surface area contributed by atoms with E-state index >= 15 is 0 Å². The summed E-state index contributed by atoms with van der Waals surface area (Å²) in [4.78, 5) is 32.8. The molecule has 1 aromatic heterocycles. The van der Waals surface area contributed by atoms with Gasteiger partial charge in [0.15, 0.2) is 0 Å². The van der Waals surface area contributed by atoms with E-state index < -0.39 is 0 Å². The van der Waals surface area contributed by atoms with E-state index in [0.29, 0.717) is 52.4 Å². The molecule has 2 aliphatic rings. The number of hydrogen-bond donors (Lipinski definition) is 2.